The van der Waals surface area contributed by atoms with Gasteiger partial charge in [0.1, 0.15) is 11.3 Å². The molecule has 0 aliphatic carbocycles. The van der Waals surface area contributed by atoms with Crippen LogP contribution >= 0.6 is 11.6 Å². The van der Waals surface area contributed by atoms with Crippen molar-refractivity contribution in [1.29, 1.82) is 0 Å². The second-order valence-corrected chi connectivity index (χ2v) is 7.10. The summed E-state index contributed by atoms with van der Waals surface area (Å²) in [5.74, 6) is -1.07. The number of ether oxygens (including phenoxy) is 2. The molecule has 0 atom stereocenters. The molecule has 8 heteroatoms. The summed E-state index contributed by atoms with van der Waals surface area (Å²) in [6.45, 7) is 2.40. The number of fused-ring (bicyclic) bond motifs is 1. The van der Waals surface area contributed by atoms with Gasteiger partial charge in [0.2, 0.25) is 5.91 Å². The molecule has 0 aromatic heterocycles. The maximum absolute atomic E-state index is 12.8. The zero-order valence-corrected chi connectivity index (χ0v) is 16.2. The Labute approximate surface area is 167 Å². The molecule has 1 aliphatic heterocycles. The Balaban J connectivity index is 1.62. The van der Waals surface area contributed by atoms with Crippen LogP contribution < -0.4 is 15.0 Å². The van der Waals surface area contributed by atoms with Gasteiger partial charge in [-0.3, -0.25) is 14.5 Å². The second kappa shape index (κ2) is 7.90. The summed E-state index contributed by atoms with van der Waals surface area (Å²) in [6.07, 6.45) is 0. The normalized spacial score (nSPS) is 14.7. The number of rotatable bonds is 5. The minimum absolute atomic E-state index is 0.322. The first kappa shape index (κ1) is 19.7. The molecule has 3 rings (SSSR count). The molecule has 146 valence electrons. The average Bonchev–Trinajstić information content (AvgIpc) is 2.66. The van der Waals surface area contributed by atoms with Crippen LogP contribution in [0.2, 0.25) is 5.02 Å². The summed E-state index contributed by atoms with van der Waals surface area (Å²) in [7, 11) is 0. The fourth-order valence-electron chi connectivity index (χ4n) is 2.82. The van der Waals surface area contributed by atoms with Gasteiger partial charge in [-0.1, -0.05) is 23.7 Å². The predicted octanol–water partition coefficient (Wildman–Crippen LogP) is 3.03. The number of halogens is 1. The number of para-hydroxylation sites is 2. The zero-order valence-electron chi connectivity index (χ0n) is 15.4. The van der Waals surface area contributed by atoms with Crippen LogP contribution in [0.1, 0.15) is 13.8 Å². The van der Waals surface area contributed by atoms with Crippen LogP contribution in [-0.4, -0.2) is 36.5 Å². The zero-order chi connectivity index (χ0) is 20.3. The second-order valence-electron chi connectivity index (χ2n) is 6.66. The van der Waals surface area contributed by atoms with Gasteiger partial charge < -0.3 is 14.8 Å². The van der Waals surface area contributed by atoms with E-state index in [1.54, 1.807) is 62.4 Å². The molecule has 2 aromatic carbocycles. The summed E-state index contributed by atoms with van der Waals surface area (Å²) in [5, 5.41) is 3.32. The molecule has 0 fully saturated rings. The Hall–Kier alpha value is -3.06. The van der Waals surface area contributed by atoms with E-state index in [0.29, 0.717) is 22.1 Å². The Morgan fingerprint density at radius 1 is 1.07 bits per heavy atom. The van der Waals surface area contributed by atoms with Crippen molar-refractivity contribution in [2.24, 2.45) is 0 Å². The third-order valence-electron chi connectivity index (χ3n) is 4.28. The third kappa shape index (κ3) is 4.09. The number of nitrogens with zero attached hydrogens (tertiary/aromatic N) is 1. The molecule has 0 unspecified atom stereocenters. The number of hydrogen-bond donors (Lipinski definition) is 1. The number of benzene rings is 2. The van der Waals surface area contributed by atoms with Gasteiger partial charge in [-0.2, -0.15) is 0 Å². The largest absolute Gasteiger partial charge is 0.482 e. The SMILES string of the molecule is CC1(C)C(=O)Nc2ccccc2N1C(=O)COC(=O)COc1ccc(Cl)cc1. The lowest BCUT2D eigenvalue weighted by Crippen LogP contribution is -2.59. The molecule has 1 N–H and O–H groups in total. The van der Waals surface area contributed by atoms with Gasteiger partial charge in [0, 0.05) is 5.02 Å². The third-order valence-corrected chi connectivity index (χ3v) is 4.54. The molecular formula is C20H19ClN2O5. The first-order chi connectivity index (χ1) is 13.3. The monoisotopic (exact) mass is 402 g/mol. The molecule has 7 nitrogen and oxygen atoms in total. The van der Waals surface area contributed by atoms with Crippen molar-refractivity contribution in [3.05, 3.63) is 53.6 Å². The van der Waals surface area contributed by atoms with Crippen LogP contribution in [0.4, 0.5) is 11.4 Å². The van der Waals surface area contributed by atoms with Crippen molar-refractivity contribution in [1.82, 2.24) is 0 Å². The highest BCUT2D eigenvalue weighted by molar-refractivity contribution is 6.30. The van der Waals surface area contributed by atoms with Gasteiger partial charge in [-0.15, -0.1) is 0 Å². The van der Waals surface area contributed by atoms with Crippen molar-refractivity contribution in [2.75, 3.05) is 23.4 Å². The van der Waals surface area contributed by atoms with Crippen LogP contribution in [0.25, 0.3) is 0 Å². The molecule has 0 bridgehead atoms. The number of hydrogen-bond acceptors (Lipinski definition) is 5. The molecule has 2 amide bonds. The summed E-state index contributed by atoms with van der Waals surface area (Å²) in [4.78, 5) is 38.4. The van der Waals surface area contributed by atoms with E-state index in [1.807, 2.05) is 0 Å². The van der Waals surface area contributed by atoms with Gasteiger partial charge in [0.15, 0.2) is 13.2 Å². The van der Waals surface area contributed by atoms with E-state index in [9.17, 15) is 14.4 Å². The maximum Gasteiger partial charge on any atom is 0.344 e. The van der Waals surface area contributed by atoms with Crippen LogP contribution in [0.15, 0.2) is 48.5 Å². The highest BCUT2D eigenvalue weighted by atomic mass is 35.5. The molecule has 0 radical (unpaired) electrons. The first-order valence-corrected chi connectivity index (χ1v) is 8.94. The fraction of sp³-hybridized carbons (Fsp3) is 0.250. The molecule has 0 spiro atoms. The van der Waals surface area contributed by atoms with Crippen LogP contribution in [0.3, 0.4) is 0 Å². The van der Waals surface area contributed by atoms with E-state index >= 15 is 0 Å². The van der Waals surface area contributed by atoms with Crippen molar-refractivity contribution >= 4 is 40.8 Å². The van der Waals surface area contributed by atoms with Gasteiger partial charge in [-0.05, 0) is 50.2 Å². The highest BCUT2D eigenvalue weighted by Gasteiger charge is 2.43. The summed E-state index contributed by atoms with van der Waals surface area (Å²) in [5.41, 5.74) is -0.0550. The predicted molar refractivity (Wildman–Crippen MR) is 105 cm³/mol. The lowest BCUT2D eigenvalue weighted by Gasteiger charge is -2.41. The van der Waals surface area contributed by atoms with E-state index in [2.05, 4.69) is 5.32 Å². The fourth-order valence-corrected chi connectivity index (χ4v) is 2.95. The lowest BCUT2D eigenvalue weighted by molar-refractivity contribution is -0.150. The van der Waals surface area contributed by atoms with Crippen molar-refractivity contribution in [3.63, 3.8) is 0 Å². The Kier molecular flexibility index (Phi) is 5.56. The minimum atomic E-state index is -1.13. The van der Waals surface area contributed by atoms with Gasteiger partial charge >= 0.3 is 5.97 Å². The number of nitrogens with one attached hydrogen (secondary N) is 1. The standard InChI is InChI=1S/C20H19ClN2O5/c1-20(2)19(26)22-15-5-3-4-6-16(15)23(20)17(24)11-28-18(25)12-27-14-9-7-13(21)8-10-14/h3-10H,11-12H2,1-2H3,(H,22,26). The number of esters is 1. The summed E-state index contributed by atoms with van der Waals surface area (Å²) in [6, 6.07) is 13.4. The molecular weight excluding hydrogens is 384 g/mol. The summed E-state index contributed by atoms with van der Waals surface area (Å²) >= 11 is 5.78. The lowest BCUT2D eigenvalue weighted by atomic mass is 9.96. The molecule has 0 saturated carbocycles. The molecule has 0 saturated heterocycles. The summed E-state index contributed by atoms with van der Waals surface area (Å²) < 4.78 is 10.3. The van der Waals surface area contributed by atoms with Crippen molar-refractivity contribution in [2.45, 2.75) is 19.4 Å². The van der Waals surface area contributed by atoms with Crippen molar-refractivity contribution in [3.8, 4) is 5.75 Å². The molecule has 2 aromatic rings. The average molecular weight is 403 g/mol. The number of amides is 2. The van der Waals surface area contributed by atoms with E-state index in [-0.39, 0.29) is 12.5 Å². The molecule has 1 aliphatic rings. The van der Waals surface area contributed by atoms with E-state index < -0.39 is 24.0 Å². The van der Waals surface area contributed by atoms with E-state index in [0.717, 1.165) is 0 Å². The number of carbonyl (C=O) groups excluding carboxylic acids is 3. The Morgan fingerprint density at radius 3 is 2.46 bits per heavy atom. The Morgan fingerprint density at radius 2 is 1.75 bits per heavy atom. The highest BCUT2D eigenvalue weighted by Crippen LogP contribution is 2.36. The van der Waals surface area contributed by atoms with Gasteiger partial charge in [0.05, 0.1) is 11.4 Å². The van der Waals surface area contributed by atoms with Crippen LogP contribution in [0.5, 0.6) is 5.75 Å². The number of carbonyl (C=O) groups is 3. The van der Waals surface area contributed by atoms with Gasteiger partial charge in [-0.25, -0.2) is 4.79 Å². The number of anilines is 2. The maximum atomic E-state index is 12.8. The quantitative estimate of drug-likeness (QED) is 0.777. The topological polar surface area (TPSA) is 84.9 Å². The smallest absolute Gasteiger partial charge is 0.344 e. The first-order valence-electron chi connectivity index (χ1n) is 8.56. The van der Waals surface area contributed by atoms with E-state index in [1.165, 1.54) is 4.90 Å². The van der Waals surface area contributed by atoms with Gasteiger partial charge in [0.25, 0.3) is 5.91 Å². The van der Waals surface area contributed by atoms with Crippen LogP contribution in [0, 0.1) is 0 Å². The van der Waals surface area contributed by atoms with E-state index in [4.69, 9.17) is 21.1 Å². The van der Waals surface area contributed by atoms with Crippen molar-refractivity contribution < 1.29 is 23.9 Å². The van der Waals surface area contributed by atoms with Crippen LogP contribution in [-0.2, 0) is 19.1 Å². The Bertz CT molecular complexity index is 911. The molecule has 1 heterocycles. The minimum Gasteiger partial charge on any atom is -0.482 e. The molecule has 28 heavy (non-hydrogen) atoms.